The summed E-state index contributed by atoms with van der Waals surface area (Å²) in [4.78, 5) is 12.7. The molecule has 0 fully saturated rings. The van der Waals surface area contributed by atoms with E-state index in [4.69, 9.17) is 9.52 Å². The largest absolute Gasteiger partial charge is 0.475 e. The highest BCUT2D eigenvalue weighted by molar-refractivity contribution is 5.84. The van der Waals surface area contributed by atoms with E-state index >= 15 is 0 Å². The van der Waals surface area contributed by atoms with Crippen molar-refractivity contribution in [1.29, 1.82) is 0 Å². The minimum atomic E-state index is -1.08. The fourth-order valence-electron chi connectivity index (χ4n) is 2.00. The molecule has 0 amide bonds. The van der Waals surface area contributed by atoms with Crippen LogP contribution in [0.2, 0.25) is 0 Å². The first-order chi connectivity index (χ1) is 8.71. The average molecular weight is 270 g/mol. The quantitative estimate of drug-likeness (QED) is 0.676. The number of aryl methyl sites for hydroxylation is 1. The van der Waals surface area contributed by atoms with Crippen molar-refractivity contribution in [3.8, 4) is 0 Å². The van der Waals surface area contributed by atoms with Gasteiger partial charge in [0.05, 0.1) is 5.60 Å². The molecule has 0 aliphatic rings. The van der Waals surface area contributed by atoms with Gasteiger partial charge in [-0.1, -0.05) is 0 Å². The smallest absolute Gasteiger partial charge is 0.371 e. The van der Waals surface area contributed by atoms with Gasteiger partial charge in [0.25, 0.3) is 0 Å². The predicted molar refractivity (Wildman–Crippen MR) is 71.3 cm³/mol. The van der Waals surface area contributed by atoms with Gasteiger partial charge < -0.3 is 24.8 Å². The lowest BCUT2D eigenvalue weighted by Gasteiger charge is -2.27. The van der Waals surface area contributed by atoms with Gasteiger partial charge in [-0.3, -0.25) is 0 Å². The topological polar surface area (TPSA) is 85.9 Å². The SMILES string of the molecule is Cc1oc(C(=O)O)cc1CNCC(C)(O)CN(C)C. The average Bonchev–Trinajstić information content (AvgIpc) is 2.58. The highest BCUT2D eigenvalue weighted by Gasteiger charge is 2.21. The molecule has 6 nitrogen and oxygen atoms in total. The molecule has 0 saturated carbocycles. The number of nitrogens with zero attached hydrogens (tertiary/aromatic N) is 1. The number of hydrogen-bond acceptors (Lipinski definition) is 5. The summed E-state index contributed by atoms with van der Waals surface area (Å²) in [5.41, 5.74) is -0.0467. The molecule has 6 heteroatoms. The zero-order valence-corrected chi connectivity index (χ0v) is 11.9. The van der Waals surface area contributed by atoms with E-state index in [0.29, 0.717) is 25.4 Å². The molecule has 0 aromatic carbocycles. The van der Waals surface area contributed by atoms with Gasteiger partial charge >= 0.3 is 5.97 Å². The summed E-state index contributed by atoms with van der Waals surface area (Å²) >= 11 is 0. The maximum atomic E-state index is 10.8. The summed E-state index contributed by atoms with van der Waals surface area (Å²) in [6, 6.07) is 1.51. The van der Waals surface area contributed by atoms with E-state index in [0.717, 1.165) is 5.56 Å². The molecule has 1 aromatic heterocycles. The van der Waals surface area contributed by atoms with Crippen LogP contribution >= 0.6 is 0 Å². The molecule has 1 rings (SSSR count). The Labute approximate surface area is 113 Å². The zero-order chi connectivity index (χ0) is 14.6. The highest BCUT2D eigenvalue weighted by Crippen LogP contribution is 2.14. The molecule has 0 bridgehead atoms. The van der Waals surface area contributed by atoms with Crippen molar-refractivity contribution in [2.45, 2.75) is 26.0 Å². The molecule has 0 spiro atoms. The van der Waals surface area contributed by atoms with Crippen molar-refractivity contribution < 1.29 is 19.4 Å². The maximum absolute atomic E-state index is 10.8. The summed E-state index contributed by atoms with van der Waals surface area (Å²) < 4.78 is 5.11. The number of aliphatic hydroxyl groups is 1. The van der Waals surface area contributed by atoms with Gasteiger partial charge in [0.1, 0.15) is 5.76 Å². The summed E-state index contributed by atoms with van der Waals surface area (Å²) in [5, 5.41) is 22.0. The molecule has 0 aliphatic carbocycles. The standard InChI is InChI=1S/C13H22N2O4/c1-9-10(5-11(19-9)12(16)17)6-14-7-13(2,18)8-15(3)4/h5,14,18H,6-8H2,1-4H3,(H,16,17). The molecule has 1 heterocycles. The maximum Gasteiger partial charge on any atom is 0.371 e. The van der Waals surface area contributed by atoms with Crippen LogP contribution in [0.3, 0.4) is 0 Å². The fraction of sp³-hybridized carbons (Fsp3) is 0.615. The van der Waals surface area contributed by atoms with E-state index in [2.05, 4.69) is 5.32 Å². The van der Waals surface area contributed by atoms with E-state index < -0.39 is 11.6 Å². The van der Waals surface area contributed by atoms with Crippen LogP contribution in [0.4, 0.5) is 0 Å². The van der Waals surface area contributed by atoms with Gasteiger partial charge in [0, 0.05) is 25.2 Å². The van der Waals surface area contributed by atoms with Crippen LogP contribution in [0.15, 0.2) is 10.5 Å². The van der Waals surface area contributed by atoms with Crippen molar-refractivity contribution in [2.75, 3.05) is 27.2 Å². The van der Waals surface area contributed by atoms with E-state index in [1.807, 2.05) is 19.0 Å². The van der Waals surface area contributed by atoms with Gasteiger partial charge in [0.2, 0.25) is 5.76 Å². The van der Waals surface area contributed by atoms with Crippen molar-refractivity contribution in [3.63, 3.8) is 0 Å². The Morgan fingerprint density at radius 1 is 1.53 bits per heavy atom. The second-order valence-electron chi connectivity index (χ2n) is 5.34. The molecule has 1 aromatic rings. The molecule has 1 unspecified atom stereocenters. The fourth-order valence-corrected chi connectivity index (χ4v) is 2.00. The molecule has 108 valence electrons. The van der Waals surface area contributed by atoms with Crippen LogP contribution in [0.1, 0.15) is 28.8 Å². The Balaban J connectivity index is 2.51. The third kappa shape index (κ3) is 5.02. The number of carboxylic acid groups (broad SMARTS) is 1. The Hall–Kier alpha value is -1.37. The second-order valence-corrected chi connectivity index (χ2v) is 5.34. The van der Waals surface area contributed by atoms with Gasteiger partial charge in [-0.05, 0) is 34.0 Å². The van der Waals surface area contributed by atoms with E-state index in [1.165, 1.54) is 6.07 Å². The van der Waals surface area contributed by atoms with Crippen molar-refractivity contribution in [1.82, 2.24) is 10.2 Å². The van der Waals surface area contributed by atoms with Crippen LogP contribution in [-0.4, -0.2) is 53.9 Å². The van der Waals surface area contributed by atoms with Crippen molar-refractivity contribution >= 4 is 5.97 Å². The zero-order valence-electron chi connectivity index (χ0n) is 11.9. The predicted octanol–water partition coefficient (Wildman–Crippen LogP) is 0.688. The third-order valence-corrected chi connectivity index (χ3v) is 2.71. The highest BCUT2D eigenvalue weighted by atomic mass is 16.4. The summed E-state index contributed by atoms with van der Waals surface area (Å²) in [6.45, 7) is 4.90. The first-order valence-electron chi connectivity index (χ1n) is 6.12. The number of carbonyl (C=O) groups is 1. The number of likely N-dealkylation sites (N-methyl/N-ethyl adjacent to an activating group) is 1. The van der Waals surface area contributed by atoms with Crippen LogP contribution in [0, 0.1) is 6.92 Å². The molecule has 0 aliphatic heterocycles. The molecule has 1 atom stereocenters. The molecular formula is C13H22N2O4. The number of carboxylic acids is 1. The van der Waals surface area contributed by atoms with E-state index in [1.54, 1.807) is 13.8 Å². The molecule has 0 radical (unpaired) electrons. The lowest BCUT2D eigenvalue weighted by Crippen LogP contribution is -2.45. The minimum Gasteiger partial charge on any atom is -0.475 e. The van der Waals surface area contributed by atoms with Crippen molar-refractivity contribution in [3.05, 3.63) is 23.2 Å². The Bertz CT molecular complexity index is 438. The number of nitrogens with one attached hydrogen (secondary N) is 1. The van der Waals surface area contributed by atoms with Crippen LogP contribution in [0.5, 0.6) is 0 Å². The van der Waals surface area contributed by atoms with Gasteiger partial charge in [0.15, 0.2) is 0 Å². The normalized spacial score (nSPS) is 14.6. The third-order valence-electron chi connectivity index (χ3n) is 2.71. The van der Waals surface area contributed by atoms with Crippen LogP contribution in [0.25, 0.3) is 0 Å². The van der Waals surface area contributed by atoms with Gasteiger partial charge in [-0.25, -0.2) is 4.79 Å². The van der Waals surface area contributed by atoms with Gasteiger partial charge in [-0.15, -0.1) is 0 Å². The Morgan fingerprint density at radius 2 is 2.16 bits per heavy atom. The Kier molecular flexibility index (Phi) is 5.11. The molecule has 3 N–H and O–H groups in total. The second kappa shape index (κ2) is 6.18. The van der Waals surface area contributed by atoms with Crippen LogP contribution in [-0.2, 0) is 6.54 Å². The summed E-state index contributed by atoms with van der Waals surface area (Å²) in [5.74, 6) is -0.555. The first kappa shape index (κ1) is 15.7. The summed E-state index contributed by atoms with van der Waals surface area (Å²) in [6.07, 6.45) is 0. The van der Waals surface area contributed by atoms with E-state index in [9.17, 15) is 9.90 Å². The first-order valence-corrected chi connectivity index (χ1v) is 6.12. The minimum absolute atomic E-state index is 0.0608. The van der Waals surface area contributed by atoms with E-state index in [-0.39, 0.29) is 5.76 Å². The molecule has 0 saturated heterocycles. The molecule has 19 heavy (non-hydrogen) atoms. The lowest BCUT2D eigenvalue weighted by atomic mass is 10.1. The number of rotatable bonds is 7. The molecular weight excluding hydrogens is 248 g/mol. The van der Waals surface area contributed by atoms with Gasteiger partial charge in [-0.2, -0.15) is 0 Å². The summed E-state index contributed by atoms with van der Waals surface area (Å²) in [7, 11) is 3.79. The Morgan fingerprint density at radius 3 is 2.63 bits per heavy atom. The van der Waals surface area contributed by atoms with Crippen molar-refractivity contribution in [2.24, 2.45) is 0 Å². The van der Waals surface area contributed by atoms with Crippen LogP contribution < -0.4 is 5.32 Å². The number of aromatic carboxylic acids is 1. The lowest BCUT2D eigenvalue weighted by molar-refractivity contribution is 0.0335. The number of furan rings is 1. The number of hydrogen-bond donors (Lipinski definition) is 3. The monoisotopic (exact) mass is 270 g/mol.